The van der Waals surface area contributed by atoms with Crippen LogP contribution in [0.3, 0.4) is 0 Å². The van der Waals surface area contributed by atoms with Crippen LogP contribution in [0, 0.1) is 17.6 Å². The van der Waals surface area contributed by atoms with Crippen molar-refractivity contribution in [2.45, 2.75) is 17.2 Å². The number of aromatic nitrogens is 2. The molecule has 0 radical (unpaired) electrons. The summed E-state index contributed by atoms with van der Waals surface area (Å²) in [5.41, 5.74) is 1.10. The first-order valence-electron chi connectivity index (χ1n) is 10.2. The van der Waals surface area contributed by atoms with Gasteiger partial charge in [0.15, 0.2) is 17.4 Å². The third kappa shape index (κ3) is 5.58. The van der Waals surface area contributed by atoms with Crippen LogP contribution in [0.15, 0.2) is 59.6 Å². The minimum atomic E-state index is -4.41. The number of piperidine rings is 1. The van der Waals surface area contributed by atoms with Gasteiger partial charge >= 0.3 is 0 Å². The molecule has 11 heteroatoms. The maximum Gasteiger partial charge on any atom is 0.266 e. The first kappa shape index (κ1) is 23.3. The Kier molecular flexibility index (Phi) is 7.06. The molecule has 1 aliphatic rings. The number of benzene rings is 2. The van der Waals surface area contributed by atoms with E-state index in [0.29, 0.717) is 17.6 Å². The van der Waals surface area contributed by atoms with Crippen molar-refractivity contribution in [2.75, 3.05) is 24.4 Å². The molecule has 0 spiro atoms. The number of hydrogen-bond donors (Lipinski definition) is 2. The molecule has 2 atom stereocenters. The second kappa shape index (κ2) is 9.98. The van der Waals surface area contributed by atoms with Crippen LogP contribution >= 0.6 is 11.6 Å². The zero-order valence-electron chi connectivity index (χ0n) is 17.3. The molecule has 0 aliphatic carbocycles. The first-order valence-corrected chi connectivity index (χ1v) is 12.1. The Labute approximate surface area is 195 Å². The fourth-order valence-corrected chi connectivity index (χ4v) is 5.01. The van der Waals surface area contributed by atoms with Gasteiger partial charge in [0.25, 0.3) is 10.0 Å². The van der Waals surface area contributed by atoms with Gasteiger partial charge in [0.1, 0.15) is 10.7 Å². The summed E-state index contributed by atoms with van der Waals surface area (Å²) in [7, 11) is -4.41. The molecule has 0 saturated carbocycles. The number of halogens is 3. The van der Waals surface area contributed by atoms with Gasteiger partial charge < -0.3 is 10.1 Å². The second-order valence-electron chi connectivity index (χ2n) is 7.65. The Bertz CT molecular complexity index is 1210. The lowest BCUT2D eigenvalue weighted by Crippen LogP contribution is -2.38. The number of anilines is 1. The highest BCUT2D eigenvalue weighted by atomic mass is 35.5. The first-order chi connectivity index (χ1) is 15.8. The van der Waals surface area contributed by atoms with E-state index < -0.39 is 26.6 Å². The van der Waals surface area contributed by atoms with E-state index in [1.165, 1.54) is 18.3 Å². The van der Waals surface area contributed by atoms with E-state index in [4.69, 9.17) is 16.3 Å². The molecule has 174 valence electrons. The van der Waals surface area contributed by atoms with Crippen LogP contribution in [0.5, 0.6) is 5.75 Å². The van der Waals surface area contributed by atoms with Crippen molar-refractivity contribution in [1.82, 2.24) is 15.5 Å². The van der Waals surface area contributed by atoms with E-state index >= 15 is 0 Å². The van der Waals surface area contributed by atoms with E-state index in [2.05, 4.69) is 20.2 Å². The lowest BCUT2D eigenvalue weighted by molar-refractivity contribution is 0.190. The van der Waals surface area contributed by atoms with Crippen molar-refractivity contribution < 1.29 is 21.9 Å². The van der Waals surface area contributed by atoms with Crippen LogP contribution in [-0.2, 0) is 10.0 Å². The molecule has 33 heavy (non-hydrogen) atoms. The molecule has 1 fully saturated rings. The molecular formula is C22H21ClF2N4O3S. The zero-order chi connectivity index (χ0) is 23.4. The molecule has 2 heterocycles. The average molecular weight is 495 g/mol. The highest BCUT2D eigenvalue weighted by Crippen LogP contribution is 2.33. The van der Waals surface area contributed by atoms with Crippen LogP contribution < -0.4 is 14.8 Å². The van der Waals surface area contributed by atoms with Crippen molar-refractivity contribution in [3.05, 3.63) is 76.9 Å². The summed E-state index contributed by atoms with van der Waals surface area (Å²) in [5, 5.41) is 11.1. The predicted octanol–water partition coefficient (Wildman–Crippen LogP) is 3.98. The lowest BCUT2D eigenvalue weighted by atomic mass is 9.81. The monoisotopic (exact) mass is 494 g/mol. The third-order valence-electron chi connectivity index (χ3n) is 5.45. The Morgan fingerprint density at radius 3 is 2.67 bits per heavy atom. The molecule has 0 bridgehead atoms. The van der Waals surface area contributed by atoms with Crippen LogP contribution in [0.4, 0.5) is 14.6 Å². The van der Waals surface area contributed by atoms with Crippen molar-refractivity contribution in [3.63, 3.8) is 0 Å². The van der Waals surface area contributed by atoms with Gasteiger partial charge in [-0.2, -0.15) is 5.10 Å². The van der Waals surface area contributed by atoms with E-state index in [1.54, 1.807) is 0 Å². The molecule has 7 nitrogen and oxygen atoms in total. The molecule has 4 rings (SSSR count). The molecule has 0 amide bonds. The van der Waals surface area contributed by atoms with Gasteiger partial charge in [-0.05, 0) is 48.7 Å². The number of rotatable bonds is 7. The zero-order valence-corrected chi connectivity index (χ0v) is 18.9. The normalized spacial score (nSPS) is 18.6. The van der Waals surface area contributed by atoms with Crippen molar-refractivity contribution >= 4 is 27.4 Å². The predicted molar refractivity (Wildman–Crippen MR) is 120 cm³/mol. The van der Waals surface area contributed by atoms with Crippen LogP contribution in [0.1, 0.15) is 17.9 Å². The summed E-state index contributed by atoms with van der Waals surface area (Å²) in [4.78, 5) is -0.851. The Morgan fingerprint density at radius 1 is 1.15 bits per heavy atom. The van der Waals surface area contributed by atoms with Gasteiger partial charge in [0.2, 0.25) is 0 Å². The van der Waals surface area contributed by atoms with Gasteiger partial charge in [-0.25, -0.2) is 17.2 Å². The van der Waals surface area contributed by atoms with Crippen LogP contribution in [-0.4, -0.2) is 38.3 Å². The van der Waals surface area contributed by atoms with Gasteiger partial charge in [-0.3, -0.25) is 4.72 Å². The van der Waals surface area contributed by atoms with E-state index in [-0.39, 0.29) is 30.0 Å². The van der Waals surface area contributed by atoms with Crippen molar-refractivity contribution in [1.29, 1.82) is 0 Å². The SMILES string of the molecule is O=S(=O)(Nc1cccnn1)c1cc(F)c(OC[C@@H]2CNCC[C@H]2c2ccc(Cl)cc2)cc1F. The van der Waals surface area contributed by atoms with Gasteiger partial charge in [0, 0.05) is 35.8 Å². The van der Waals surface area contributed by atoms with Crippen LogP contribution in [0.2, 0.25) is 5.02 Å². The molecule has 1 aliphatic heterocycles. The smallest absolute Gasteiger partial charge is 0.266 e. The largest absolute Gasteiger partial charge is 0.490 e. The fourth-order valence-electron chi connectivity index (χ4n) is 3.82. The van der Waals surface area contributed by atoms with Gasteiger partial charge in [-0.1, -0.05) is 23.7 Å². The van der Waals surface area contributed by atoms with Crippen molar-refractivity contribution in [3.8, 4) is 5.75 Å². The highest BCUT2D eigenvalue weighted by molar-refractivity contribution is 7.92. The molecular weight excluding hydrogens is 474 g/mol. The molecule has 3 aromatic rings. The summed E-state index contributed by atoms with van der Waals surface area (Å²) in [6, 6.07) is 11.7. The number of ether oxygens (including phenoxy) is 1. The number of sulfonamides is 1. The van der Waals surface area contributed by atoms with Gasteiger partial charge in [0.05, 0.1) is 6.61 Å². The Morgan fingerprint density at radius 2 is 1.94 bits per heavy atom. The number of nitrogens with one attached hydrogen (secondary N) is 2. The minimum absolute atomic E-state index is 0.00381. The quantitative estimate of drug-likeness (QED) is 0.516. The molecule has 1 saturated heterocycles. The van der Waals surface area contributed by atoms with Crippen molar-refractivity contribution in [2.24, 2.45) is 5.92 Å². The fraction of sp³-hybridized carbons (Fsp3) is 0.273. The highest BCUT2D eigenvalue weighted by Gasteiger charge is 2.28. The topological polar surface area (TPSA) is 93.2 Å². The summed E-state index contributed by atoms with van der Waals surface area (Å²) >= 11 is 5.98. The summed E-state index contributed by atoms with van der Waals surface area (Å²) in [6.45, 7) is 1.60. The lowest BCUT2D eigenvalue weighted by Gasteiger charge is -2.32. The molecule has 1 aromatic heterocycles. The maximum atomic E-state index is 14.7. The molecule has 2 N–H and O–H groups in total. The summed E-state index contributed by atoms with van der Waals surface area (Å²) < 4.78 is 61.9. The standard InChI is InChI=1S/C22H21ClF2N4O3S/c23-16-5-3-14(4-6-16)17-7-9-26-12-15(17)13-32-20-10-19(25)21(11-18(20)24)33(30,31)29-22-2-1-8-27-28-22/h1-6,8,10-11,15,17,26H,7,9,12-13H2,(H,28,29)/t15-,17-/m0/s1. The molecule has 2 aromatic carbocycles. The van der Waals surface area contributed by atoms with E-state index in [1.807, 2.05) is 24.3 Å². The Balaban J connectivity index is 1.49. The Hall–Kier alpha value is -2.82. The van der Waals surface area contributed by atoms with E-state index in [0.717, 1.165) is 24.6 Å². The van der Waals surface area contributed by atoms with Crippen LogP contribution in [0.25, 0.3) is 0 Å². The minimum Gasteiger partial charge on any atom is -0.490 e. The average Bonchev–Trinajstić information content (AvgIpc) is 2.80. The molecule has 0 unspecified atom stereocenters. The van der Waals surface area contributed by atoms with E-state index in [9.17, 15) is 17.2 Å². The second-order valence-corrected chi connectivity index (χ2v) is 9.74. The van der Waals surface area contributed by atoms with Gasteiger partial charge in [-0.15, -0.1) is 5.10 Å². The number of hydrogen-bond acceptors (Lipinski definition) is 6. The number of nitrogens with zero attached hydrogens (tertiary/aromatic N) is 2. The summed E-state index contributed by atoms with van der Waals surface area (Å²) in [6.07, 6.45) is 2.21. The summed E-state index contributed by atoms with van der Waals surface area (Å²) in [5.74, 6) is -2.43. The maximum absolute atomic E-state index is 14.7. The third-order valence-corrected chi connectivity index (χ3v) is 7.07.